The molecule has 2 aromatic rings. The fourth-order valence-electron chi connectivity index (χ4n) is 1.90. The average molecular weight is 231 g/mol. The summed E-state index contributed by atoms with van der Waals surface area (Å²) in [5.74, 6) is 0.727. The van der Waals surface area contributed by atoms with Gasteiger partial charge in [-0.3, -0.25) is 0 Å². The molecule has 90 valence electrons. The molecule has 4 nitrogen and oxygen atoms in total. The maximum Gasteiger partial charge on any atom is 0.162 e. The largest absolute Gasteiger partial charge is 0.472 e. The molecule has 0 aromatic carbocycles. The highest BCUT2D eigenvalue weighted by Crippen LogP contribution is 2.19. The Morgan fingerprint density at radius 3 is 2.47 bits per heavy atom. The summed E-state index contributed by atoms with van der Waals surface area (Å²) in [4.78, 5) is 9.03. The van der Waals surface area contributed by atoms with Gasteiger partial charge in [0.25, 0.3) is 0 Å². The minimum Gasteiger partial charge on any atom is -0.472 e. The van der Waals surface area contributed by atoms with Crippen molar-refractivity contribution in [2.24, 2.45) is 5.73 Å². The highest BCUT2D eigenvalue weighted by molar-refractivity contribution is 5.53. The molecule has 0 aliphatic heterocycles. The van der Waals surface area contributed by atoms with Crippen LogP contribution in [0.3, 0.4) is 0 Å². The average Bonchev–Trinajstić information content (AvgIpc) is 2.81. The van der Waals surface area contributed by atoms with Gasteiger partial charge in [0.2, 0.25) is 0 Å². The van der Waals surface area contributed by atoms with E-state index in [1.54, 1.807) is 12.5 Å². The van der Waals surface area contributed by atoms with Gasteiger partial charge in [-0.15, -0.1) is 0 Å². The van der Waals surface area contributed by atoms with Crippen LogP contribution in [0.5, 0.6) is 0 Å². The lowest BCUT2D eigenvalue weighted by Crippen LogP contribution is -2.06. The maximum absolute atomic E-state index is 5.53. The molecule has 0 saturated heterocycles. The van der Waals surface area contributed by atoms with E-state index in [2.05, 4.69) is 9.97 Å². The van der Waals surface area contributed by atoms with E-state index in [1.807, 2.05) is 19.9 Å². The number of nitrogens with zero attached hydrogens (tertiary/aromatic N) is 2. The van der Waals surface area contributed by atoms with E-state index >= 15 is 0 Å². The highest BCUT2D eigenvalue weighted by atomic mass is 16.3. The Hall–Kier alpha value is -1.68. The minimum atomic E-state index is 0.697. The van der Waals surface area contributed by atoms with Gasteiger partial charge in [0.1, 0.15) is 6.26 Å². The van der Waals surface area contributed by atoms with E-state index < -0.39 is 0 Å². The first-order chi connectivity index (χ1) is 8.22. The molecule has 0 unspecified atom stereocenters. The Kier molecular flexibility index (Phi) is 3.54. The molecule has 2 heterocycles. The molecule has 17 heavy (non-hydrogen) atoms. The highest BCUT2D eigenvalue weighted by Gasteiger charge is 2.10. The zero-order valence-electron chi connectivity index (χ0n) is 10.2. The van der Waals surface area contributed by atoms with Crippen molar-refractivity contribution >= 4 is 0 Å². The molecule has 0 bridgehead atoms. The fourth-order valence-corrected chi connectivity index (χ4v) is 1.90. The topological polar surface area (TPSA) is 64.9 Å². The molecule has 0 amide bonds. The molecule has 0 aliphatic rings. The quantitative estimate of drug-likeness (QED) is 0.876. The summed E-state index contributed by atoms with van der Waals surface area (Å²) in [6.07, 6.45) is 5.20. The van der Waals surface area contributed by atoms with Crippen LogP contribution in [0.2, 0.25) is 0 Å². The number of hydrogen-bond acceptors (Lipinski definition) is 4. The van der Waals surface area contributed by atoms with E-state index in [9.17, 15) is 0 Å². The third-order valence-electron chi connectivity index (χ3n) is 2.83. The molecule has 0 spiro atoms. The predicted molar refractivity (Wildman–Crippen MR) is 66.6 cm³/mol. The summed E-state index contributed by atoms with van der Waals surface area (Å²) < 4.78 is 5.05. The van der Waals surface area contributed by atoms with Gasteiger partial charge in [-0.1, -0.05) is 0 Å². The monoisotopic (exact) mass is 231 g/mol. The van der Waals surface area contributed by atoms with Gasteiger partial charge in [-0.05, 0) is 44.9 Å². The second-order valence-electron chi connectivity index (χ2n) is 4.10. The fraction of sp³-hybridized carbons (Fsp3) is 0.385. The summed E-state index contributed by atoms with van der Waals surface area (Å²) in [7, 11) is 0. The van der Waals surface area contributed by atoms with Gasteiger partial charge >= 0.3 is 0 Å². The van der Waals surface area contributed by atoms with Gasteiger partial charge in [-0.25, -0.2) is 9.97 Å². The van der Waals surface area contributed by atoms with Gasteiger partial charge < -0.3 is 10.2 Å². The van der Waals surface area contributed by atoms with Crippen LogP contribution in [0.1, 0.15) is 23.4 Å². The molecule has 2 aromatic heterocycles. The number of nitrogens with two attached hydrogens (primary N) is 1. The van der Waals surface area contributed by atoms with E-state index in [0.29, 0.717) is 6.54 Å². The Labute approximate surface area is 101 Å². The lowest BCUT2D eigenvalue weighted by atomic mass is 10.1. The van der Waals surface area contributed by atoms with Crippen molar-refractivity contribution in [1.29, 1.82) is 0 Å². The third kappa shape index (κ3) is 2.53. The van der Waals surface area contributed by atoms with Gasteiger partial charge in [0, 0.05) is 11.4 Å². The van der Waals surface area contributed by atoms with Gasteiger partial charge in [0.15, 0.2) is 5.82 Å². The third-order valence-corrected chi connectivity index (χ3v) is 2.83. The predicted octanol–water partition coefficient (Wildman–Crippen LogP) is 2.24. The molecule has 0 atom stereocenters. The maximum atomic E-state index is 5.53. The molecule has 0 fully saturated rings. The zero-order chi connectivity index (χ0) is 12.3. The molecular formula is C13H17N3O. The number of aromatic nitrogens is 2. The Morgan fingerprint density at radius 1 is 1.24 bits per heavy atom. The lowest BCUT2D eigenvalue weighted by molar-refractivity contribution is 0.568. The van der Waals surface area contributed by atoms with Crippen LogP contribution in [0.15, 0.2) is 23.0 Å². The van der Waals surface area contributed by atoms with Gasteiger partial charge in [-0.2, -0.15) is 0 Å². The minimum absolute atomic E-state index is 0.697. The van der Waals surface area contributed by atoms with Crippen molar-refractivity contribution in [3.8, 4) is 11.4 Å². The molecule has 0 saturated carbocycles. The van der Waals surface area contributed by atoms with Crippen LogP contribution >= 0.6 is 0 Å². The molecule has 4 heteroatoms. The molecule has 2 N–H and O–H groups in total. The van der Waals surface area contributed by atoms with Crippen molar-refractivity contribution in [3.05, 3.63) is 35.5 Å². The summed E-state index contributed by atoms with van der Waals surface area (Å²) in [6, 6.07) is 1.87. The molecule has 0 radical (unpaired) electrons. The lowest BCUT2D eigenvalue weighted by Gasteiger charge is -2.09. The number of furan rings is 1. The smallest absolute Gasteiger partial charge is 0.162 e. The summed E-state index contributed by atoms with van der Waals surface area (Å²) in [5, 5.41) is 0. The summed E-state index contributed by atoms with van der Waals surface area (Å²) in [6.45, 7) is 4.73. The van der Waals surface area contributed by atoms with Crippen LogP contribution < -0.4 is 5.73 Å². The van der Waals surface area contributed by atoms with Crippen LogP contribution in [-0.2, 0) is 6.42 Å². The van der Waals surface area contributed by atoms with E-state index in [4.69, 9.17) is 10.2 Å². The van der Waals surface area contributed by atoms with Crippen molar-refractivity contribution < 1.29 is 4.42 Å². The van der Waals surface area contributed by atoms with Crippen LogP contribution in [0, 0.1) is 13.8 Å². The van der Waals surface area contributed by atoms with Crippen LogP contribution in [0.25, 0.3) is 11.4 Å². The Morgan fingerprint density at radius 2 is 1.94 bits per heavy atom. The summed E-state index contributed by atoms with van der Waals surface area (Å²) in [5.41, 5.74) is 9.72. The first kappa shape index (κ1) is 11.8. The Bertz CT molecular complexity index is 468. The second-order valence-corrected chi connectivity index (χ2v) is 4.10. The molecule has 0 aliphatic carbocycles. The molecule has 2 rings (SSSR count). The van der Waals surface area contributed by atoms with Crippen molar-refractivity contribution in [2.45, 2.75) is 26.7 Å². The Balaban J connectivity index is 2.35. The zero-order valence-corrected chi connectivity index (χ0v) is 10.2. The van der Waals surface area contributed by atoms with E-state index in [-0.39, 0.29) is 0 Å². The van der Waals surface area contributed by atoms with Crippen molar-refractivity contribution in [1.82, 2.24) is 9.97 Å². The van der Waals surface area contributed by atoms with Gasteiger partial charge in [0.05, 0.1) is 11.8 Å². The summed E-state index contributed by atoms with van der Waals surface area (Å²) >= 11 is 0. The number of aryl methyl sites for hydroxylation is 2. The van der Waals surface area contributed by atoms with E-state index in [0.717, 1.165) is 35.6 Å². The molecular weight excluding hydrogens is 214 g/mol. The van der Waals surface area contributed by atoms with Crippen LogP contribution in [0.4, 0.5) is 0 Å². The van der Waals surface area contributed by atoms with Crippen molar-refractivity contribution in [3.63, 3.8) is 0 Å². The number of rotatable bonds is 4. The number of hydrogen-bond donors (Lipinski definition) is 1. The van der Waals surface area contributed by atoms with Crippen LogP contribution in [-0.4, -0.2) is 16.5 Å². The first-order valence-corrected chi connectivity index (χ1v) is 5.79. The standard InChI is InChI=1S/C13H17N3O/c1-9-12(4-3-6-14)10(2)16-13(15-9)11-5-7-17-8-11/h5,7-8H,3-4,6,14H2,1-2H3. The van der Waals surface area contributed by atoms with E-state index in [1.165, 1.54) is 5.56 Å². The first-order valence-electron chi connectivity index (χ1n) is 5.79. The SMILES string of the molecule is Cc1nc(-c2ccoc2)nc(C)c1CCCN. The normalized spacial score (nSPS) is 10.8. The second kappa shape index (κ2) is 5.10. The van der Waals surface area contributed by atoms with Crippen molar-refractivity contribution in [2.75, 3.05) is 6.54 Å².